The first-order valence-electron chi connectivity index (χ1n) is 13.6. The molecule has 5 aliphatic rings. The van der Waals surface area contributed by atoms with Crippen LogP contribution in [0.5, 0.6) is 0 Å². The average molecular weight is 439 g/mol. The van der Waals surface area contributed by atoms with Gasteiger partial charge in [-0.15, -0.1) is 0 Å². The molecule has 2 heteroatoms. The van der Waals surface area contributed by atoms with E-state index < -0.39 is 0 Å². The van der Waals surface area contributed by atoms with E-state index in [-0.39, 0.29) is 16.7 Å². The predicted octanol–water partition coefficient (Wildman–Crippen LogP) is 7.56. The lowest BCUT2D eigenvalue weighted by molar-refractivity contribution is -0.157. The SMILES string of the molecule is CC(C)=CCCC(C=O)C1CCC2(C)C3CCC4C(C)(C)C(=O)CCC45CC35CCC12C. The predicted molar refractivity (Wildman–Crippen MR) is 130 cm³/mol. The average Bonchev–Trinajstić information content (AvgIpc) is 3.32. The molecule has 0 amide bonds. The summed E-state index contributed by atoms with van der Waals surface area (Å²) >= 11 is 0. The molecule has 5 rings (SSSR count). The van der Waals surface area contributed by atoms with Crippen LogP contribution in [0.15, 0.2) is 11.6 Å². The molecule has 8 atom stereocenters. The summed E-state index contributed by atoms with van der Waals surface area (Å²) in [5.41, 5.74) is 2.82. The largest absolute Gasteiger partial charge is 0.303 e. The highest BCUT2D eigenvalue weighted by molar-refractivity contribution is 5.86. The van der Waals surface area contributed by atoms with Crippen molar-refractivity contribution in [1.29, 1.82) is 0 Å². The maximum absolute atomic E-state index is 12.8. The van der Waals surface area contributed by atoms with Crippen LogP contribution in [0.3, 0.4) is 0 Å². The molecule has 0 bridgehead atoms. The molecule has 178 valence electrons. The molecule has 0 N–H and O–H groups in total. The van der Waals surface area contributed by atoms with Crippen LogP contribution in [0, 0.1) is 50.7 Å². The first kappa shape index (κ1) is 22.9. The van der Waals surface area contributed by atoms with Crippen LogP contribution >= 0.6 is 0 Å². The van der Waals surface area contributed by atoms with Crippen molar-refractivity contribution in [3.8, 4) is 0 Å². The second kappa shape index (κ2) is 7.05. The van der Waals surface area contributed by atoms with Crippen molar-refractivity contribution >= 4 is 12.1 Å². The van der Waals surface area contributed by atoms with Gasteiger partial charge in [0, 0.05) is 17.8 Å². The molecule has 5 aliphatic carbocycles. The second-order valence-electron chi connectivity index (χ2n) is 14.0. The van der Waals surface area contributed by atoms with Crippen molar-refractivity contribution in [1.82, 2.24) is 0 Å². The Morgan fingerprint density at radius 2 is 1.62 bits per heavy atom. The van der Waals surface area contributed by atoms with E-state index in [2.05, 4.69) is 47.6 Å². The van der Waals surface area contributed by atoms with Gasteiger partial charge in [-0.3, -0.25) is 4.79 Å². The van der Waals surface area contributed by atoms with E-state index in [0.29, 0.717) is 33.9 Å². The molecule has 0 aliphatic heterocycles. The van der Waals surface area contributed by atoms with Crippen LogP contribution < -0.4 is 0 Å². The van der Waals surface area contributed by atoms with Crippen LogP contribution in [0.2, 0.25) is 0 Å². The molecule has 8 unspecified atom stereocenters. The molecule has 2 spiro atoms. The monoisotopic (exact) mass is 438 g/mol. The van der Waals surface area contributed by atoms with E-state index in [1.807, 2.05) is 0 Å². The lowest BCUT2D eigenvalue weighted by atomic mass is 9.42. The van der Waals surface area contributed by atoms with Crippen LogP contribution in [-0.4, -0.2) is 12.1 Å². The Kier molecular flexibility index (Phi) is 5.03. The maximum atomic E-state index is 12.8. The van der Waals surface area contributed by atoms with Crippen LogP contribution in [0.25, 0.3) is 0 Å². The molecule has 32 heavy (non-hydrogen) atoms. The van der Waals surface area contributed by atoms with Crippen molar-refractivity contribution in [2.24, 2.45) is 50.7 Å². The van der Waals surface area contributed by atoms with Gasteiger partial charge in [-0.2, -0.15) is 0 Å². The Labute approximate surface area is 196 Å². The quantitative estimate of drug-likeness (QED) is 0.328. The van der Waals surface area contributed by atoms with E-state index in [1.165, 1.54) is 56.8 Å². The van der Waals surface area contributed by atoms with Crippen LogP contribution in [0.1, 0.15) is 112 Å². The Hall–Kier alpha value is -0.920. The summed E-state index contributed by atoms with van der Waals surface area (Å²) in [6.07, 6.45) is 16.8. The summed E-state index contributed by atoms with van der Waals surface area (Å²) in [6, 6.07) is 0. The number of allylic oxidation sites excluding steroid dienone is 2. The number of carbonyl (C=O) groups excluding carboxylic acids is 2. The molecular formula is C30H46O2. The van der Waals surface area contributed by atoms with Gasteiger partial charge < -0.3 is 4.79 Å². The smallest absolute Gasteiger partial charge is 0.138 e. The van der Waals surface area contributed by atoms with Gasteiger partial charge in [0.25, 0.3) is 0 Å². The highest BCUT2D eigenvalue weighted by Crippen LogP contribution is 2.88. The van der Waals surface area contributed by atoms with Gasteiger partial charge in [0.1, 0.15) is 12.1 Å². The van der Waals surface area contributed by atoms with Crippen molar-refractivity contribution in [2.75, 3.05) is 0 Å². The summed E-state index contributed by atoms with van der Waals surface area (Å²) in [6.45, 7) is 14.0. The molecule has 0 saturated heterocycles. The first-order chi connectivity index (χ1) is 15.0. The fraction of sp³-hybridized carbons (Fsp3) is 0.867. The summed E-state index contributed by atoms with van der Waals surface area (Å²) in [5.74, 6) is 2.67. The molecule has 0 radical (unpaired) electrons. The molecule has 5 fully saturated rings. The summed E-state index contributed by atoms with van der Waals surface area (Å²) in [7, 11) is 0. The van der Waals surface area contributed by atoms with E-state index in [4.69, 9.17) is 0 Å². The highest BCUT2D eigenvalue weighted by atomic mass is 16.1. The van der Waals surface area contributed by atoms with Gasteiger partial charge in [0.05, 0.1) is 0 Å². The third-order valence-corrected chi connectivity index (χ3v) is 12.7. The van der Waals surface area contributed by atoms with Gasteiger partial charge in [-0.05, 0) is 117 Å². The topological polar surface area (TPSA) is 34.1 Å². The van der Waals surface area contributed by atoms with Gasteiger partial charge in [0.2, 0.25) is 0 Å². The second-order valence-corrected chi connectivity index (χ2v) is 14.0. The zero-order chi connectivity index (χ0) is 23.2. The van der Waals surface area contributed by atoms with E-state index in [1.54, 1.807) is 0 Å². The molecular weight excluding hydrogens is 392 g/mol. The molecule has 2 nitrogen and oxygen atoms in total. The minimum absolute atomic E-state index is 0.125. The van der Waals surface area contributed by atoms with Gasteiger partial charge in [-0.1, -0.05) is 39.3 Å². The number of rotatable bonds is 5. The number of aldehydes is 1. The Morgan fingerprint density at radius 3 is 2.31 bits per heavy atom. The Balaban J connectivity index is 1.43. The highest BCUT2D eigenvalue weighted by Gasteiger charge is 2.82. The van der Waals surface area contributed by atoms with Crippen LogP contribution in [-0.2, 0) is 9.59 Å². The Bertz CT molecular complexity index is 849. The van der Waals surface area contributed by atoms with Gasteiger partial charge in [0.15, 0.2) is 0 Å². The molecule has 0 aromatic carbocycles. The summed E-state index contributed by atoms with van der Waals surface area (Å²) < 4.78 is 0. The number of Topliss-reactive ketones (excluding diaryl/α,β-unsaturated/α-hetero) is 1. The number of hydrogen-bond donors (Lipinski definition) is 0. The zero-order valence-electron chi connectivity index (χ0n) is 21.6. The van der Waals surface area contributed by atoms with Crippen molar-refractivity contribution in [3.05, 3.63) is 11.6 Å². The first-order valence-corrected chi connectivity index (χ1v) is 13.6. The number of ketones is 1. The number of carbonyl (C=O) groups is 2. The molecule has 0 heterocycles. The number of fused-ring (bicyclic) bond motifs is 2. The lowest BCUT2D eigenvalue weighted by Gasteiger charge is -2.62. The van der Waals surface area contributed by atoms with Crippen molar-refractivity contribution in [2.45, 2.75) is 112 Å². The molecule has 5 saturated carbocycles. The fourth-order valence-corrected chi connectivity index (χ4v) is 10.8. The molecule has 0 aromatic heterocycles. The normalized spacial score (nSPS) is 49.2. The van der Waals surface area contributed by atoms with Gasteiger partial charge >= 0.3 is 0 Å². The van der Waals surface area contributed by atoms with Crippen molar-refractivity contribution in [3.63, 3.8) is 0 Å². The van der Waals surface area contributed by atoms with Crippen LogP contribution in [0.4, 0.5) is 0 Å². The molecule has 0 aromatic rings. The summed E-state index contributed by atoms with van der Waals surface area (Å²) in [5, 5.41) is 0. The van der Waals surface area contributed by atoms with Gasteiger partial charge in [-0.25, -0.2) is 0 Å². The van der Waals surface area contributed by atoms with Crippen molar-refractivity contribution < 1.29 is 9.59 Å². The minimum atomic E-state index is -0.125. The summed E-state index contributed by atoms with van der Waals surface area (Å²) in [4.78, 5) is 25.1. The lowest BCUT2D eigenvalue weighted by Crippen LogP contribution is -2.57. The number of hydrogen-bond acceptors (Lipinski definition) is 2. The van der Waals surface area contributed by atoms with E-state index in [0.717, 1.165) is 31.6 Å². The van der Waals surface area contributed by atoms with E-state index >= 15 is 0 Å². The minimum Gasteiger partial charge on any atom is -0.303 e. The standard InChI is InChI=1S/C30H46O2/c1-20(2)8-7-9-21(18-31)22-12-14-28(6)24-11-10-23-26(3,4)25(32)13-15-29(23)19-30(24,29)17-16-27(22,28)5/h8,18,21-24H,7,9-17,19H2,1-6H3. The maximum Gasteiger partial charge on any atom is 0.138 e. The zero-order valence-corrected chi connectivity index (χ0v) is 21.6. The third kappa shape index (κ3) is 2.65. The fourth-order valence-electron chi connectivity index (χ4n) is 10.8. The van der Waals surface area contributed by atoms with E-state index in [9.17, 15) is 9.59 Å². The Morgan fingerprint density at radius 1 is 0.938 bits per heavy atom. The third-order valence-electron chi connectivity index (χ3n) is 12.7.